The lowest BCUT2D eigenvalue weighted by atomic mass is 9.99. The smallest absolute Gasteiger partial charge is 0.308 e. The second kappa shape index (κ2) is 10.1. The number of rotatable bonds is 7. The Morgan fingerprint density at radius 3 is 2.74 bits per heavy atom. The molecule has 2 heterocycles. The van der Waals surface area contributed by atoms with Crippen LogP contribution in [0.4, 0.5) is 4.39 Å². The van der Waals surface area contributed by atoms with E-state index in [1.807, 2.05) is 12.1 Å². The van der Waals surface area contributed by atoms with Crippen molar-refractivity contribution in [3.63, 3.8) is 0 Å². The topological polar surface area (TPSA) is 106 Å². The average molecular weight is 429 g/mol. The summed E-state index contributed by atoms with van der Waals surface area (Å²) in [4.78, 5) is 55.4. The minimum absolute atomic E-state index is 0.240. The number of benzene rings is 1. The first-order valence-electron chi connectivity index (χ1n) is 10.1. The quantitative estimate of drug-likeness (QED) is 0.673. The first-order chi connectivity index (χ1) is 15.0. The average Bonchev–Trinajstić information content (AvgIpc) is 2.82. The number of ether oxygens (including phenoxy) is 1. The molecule has 2 amide bonds. The van der Waals surface area contributed by atoms with Crippen molar-refractivity contribution < 1.29 is 28.3 Å². The standard InChI is InChI=1S/C22H24FN3O5/c1-31-19(28)12-16(18(27)13-23)25-21(29)17-8-4-5-11-26(17)22(30)20-15-7-3-2-6-14(15)9-10-24-20/h2-3,6-7,9-10,16-17H,4-5,8,11-13H2,1H3,(H,25,29)/t16?,17-/m0/s1. The second-order valence-corrected chi connectivity index (χ2v) is 7.33. The van der Waals surface area contributed by atoms with E-state index in [4.69, 9.17) is 0 Å². The van der Waals surface area contributed by atoms with Crippen LogP contribution in [0.25, 0.3) is 10.8 Å². The lowest BCUT2D eigenvalue weighted by Gasteiger charge is -2.35. The van der Waals surface area contributed by atoms with E-state index >= 15 is 0 Å². The van der Waals surface area contributed by atoms with E-state index in [-0.39, 0.29) is 5.69 Å². The summed E-state index contributed by atoms with van der Waals surface area (Å²) < 4.78 is 17.5. The summed E-state index contributed by atoms with van der Waals surface area (Å²) in [7, 11) is 1.14. The number of carbonyl (C=O) groups excluding carboxylic acids is 4. The van der Waals surface area contributed by atoms with Crippen LogP contribution >= 0.6 is 0 Å². The van der Waals surface area contributed by atoms with Gasteiger partial charge in [-0.05, 0) is 30.7 Å². The fourth-order valence-corrected chi connectivity index (χ4v) is 3.73. The van der Waals surface area contributed by atoms with E-state index < -0.39 is 48.7 Å². The summed E-state index contributed by atoms with van der Waals surface area (Å²) >= 11 is 0. The van der Waals surface area contributed by atoms with Crippen molar-refractivity contribution in [1.29, 1.82) is 0 Å². The Labute approximate surface area is 178 Å². The van der Waals surface area contributed by atoms with Crippen LogP contribution in [-0.4, -0.2) is 65.9 Å². The highest BCUT2D eigenvalue weighted by molar-refractivity contribution is 6.06. The Morgan fingerprint density at radius 2 is 2.00 bits per heavy atom. The molecule has 9 heteroatoms. The van der Waals surface area contributed by atoms with Gasteiger partial charge in [-0.2, -0.15) is 0 Å². The molecule has 3 rings (SSSR count). The van der Waals surface area contributed by atoms with Gasteiger partial charge in [-0.3, -0.25) is 24.2 Å². The number of fused-ring (bicyclic) bond motifs is 1. The zero-order valence-electron chi connectivity index (χ0n) is 17.2. The largest absolute Gasteiger partial charge is 0.469 e. The number of hydrogen-bond acceptors (Lipinski definition) is 6. The molecule has 1 aliphatic heterocycles. The number of likely N-dealkylation sites (tertiary alicyclic amines) is 1. The summed E-state index contributed by atoms with van der Waals surface area (Å²) in [5, 5.41) is 3.96. The van der Waals surface area contributed by atoms with Crippen LogP contribution < -0.4 is 5.32 Å². The highest BCUT2D eigenvalue weighted by atomic mass is 19.1. The first-order valence-corrected chi connectivity index (χ1v) is 10.1. The van der Waals surface area contributed by atoms with Gasteiger partial charge in [-0.25, -0.2) is 4.39 Å². The van der Waals surface area contributed by atoms with Crippen molar-refractivity contribution in [1.82, 2.24) is 15.2 Å². The maximum Gasteiger partial charge on any atom is 0.308 e. The molecule has 1 saturated heterocycles. The molecule has 0 bridgehead atoms. The van der Waals surface area contributed by atoms with Crippen molar-refractivity contribution in [3.8, 4) is 0 Å². The number of methoxy groups -OCH3 is 1. The number of hydrogen-bond donors (Lipinski definition) is 1. The van der Waals surface area contributed by atoms with E-state index in [9.17, 15) is 23.6 Å². The number of aromatic nitrogens is 1. The Morgan fingerprint density at radius 1 is 1.23 bits per heavy atom. The third-order valence-electron chi connectivity index (χ3n) is 5.38. The molecule has 31 heavy (non-hydrogen) atoms. The number of nitrogens with one attached hydrogen (secondary N) is 1. The van der Waals surface area contributed by atoms with Gasteiger partial charge in [0.25, 0.3) is 5.91 Å². The molecule has 2 atom stereocenters. The number of ketones is 1. The SMILES string of the molecule is COC(=O)CC(NC(=O)[C@@H]1CCCCN1C(=O)c1nccc2ccccc12)C(=O)CF. The number of alkyl halides is 1. The van der Waals surface area contributed by atoms with Crippen molar-refractivity contribution in [3.05, 3.63) is 42.2 Å². The molecule has 1 N–H and O–H groups in total. The summed E-state index contributed by atoms with van der Waals surface area (Å²) in [5.74, 6) is -2.67. The van der Waals surface area contributed by atoms with Gasteiger partial charge in [0, 0.05) is 18.1 Å². The molecular weight excluding hydrogens is 405 g/mol. The van der Waals surface area contributed by atoms with E-state index in [0.717, 1.165) is 18.9 Å². The van der Waals surface area contributed by atoms with Crippen molar-refractivity contribution in [2.45, 2.75) is 37.8 Å². The van der Waals surface area contributed by atoms with Crippen molar-refractivity contribution >= 4 is 34.3 Å². The molecular formula is C22H24FN3O5. The Balaban J connectivity index is 1.83. The third-order valence-corrected chi connectivity index (χ3v) is 5.38. The number of Topliss-reactive ketones (excluding diaryl/α,β-unsaturated/α-hetero) is 1. The minimum atomic E-state index is -1.35. The lowest BCUT2D eigenvalue weighted by Crippen LogP contribution is -2.55. The van der Waals surface area contributed by atoms with Gasteiger partial charge in [0.1, 0.15) is 24.5 Å². The van der Waals surface area contributed by atoms with Gasteiger partial charge in [-0.15, -0.1) is 0 Å². The Kier molecular flexibility index (Phi) is 7.28. The predicted octanol–water partition coefficient (Wildman–Crippen LogP) is 1.82. The zero-order valence-corrected chi connectivity index (χ0v) is 17.2. The highest BCUT2D eigenvalue weighted by Crippen LogP contribution is 2.23. The highest BCUT2D eigenvalue weighted by Gasteiger charge is 2.36. The zero-order chi connectivity index (χ0) is 22.4. The molecule has 164 valence electrons. The Hall–Kier alpha value is -3.36. The number of esters is 1. The normalized spacial score (nSPS) is 17.1. The maximum atomic E-state index is 13.3. The number of carbonyl (C=O) groups is 4. The number of piperidine rings is 1. The first kappa shape index (κ1) is 22.3. The van der Waals surface area contributed by atoms with Crippen LogP contribution in [0.2, 0.25) is 0 Å². The lowest BCUT2D eigenvalue weighted by molar-refractivity contribution is -0.143. The number of amides is 2. The maximum absolute atomic E-state index is 13.3. The van der Waals surface area contributed by atoms with Gasteiger partial charge < -0.3 is 15.0 Å². The predicted molar refractivity (Wildman–Crippen MR) is 110 cm³/mol. The molecule has 2 aromatic rings. The van der Waals surface area contributed by atoms with Crippen LogP contribution in [0.15, 0.2) is 36.5 Å². The van der Waals surface area contributed by atoms with Crippen LogP contribution in [-0.2, 0) is 19.1 Å². The van der Waals surface area contributed by atoms with Crippen molar-refractivity contribution in [2.24, 2.45) is 0 Å². The molecule has 1 aromatic carbocycles. The fourth-order valence-electron chi connectivity index (χ4n) is 3.73. The molecule has 0 aliphatic carbocycles. The molecule has 1 fully saturated rings. The van der Waals surface area contributed by atoms with Crippen LogP contribution in [0.5, 0.6) is 0 Å². The molecule has 1 unspecified atom stereocenters. The second-order valence-electron chi connectivity index (χ2n) is 7.33. The van der Waals surface area contributed by atoms with Gasteiger partial charge in [0.15, 0.2) is 5.78 Å². The van der Waals surface area contributed by atoms with Crippen LogP contribution in [0.1, 0.15) is 36.2 Å². The fraction of sp³-hybridized carbons (Fsp3) is 0.409. The molecule has 0 spiro atoms. The number of halogens is 1. The molecule has 1 aliphatic rings. The summed E-state index contributed by atoms with van der Waals surface area (Å²) in [5.41, 5.74) is 0.240. The molecule has 0 radical (unpaired) electrons. The molecule has 8 nitrogen and oxygen atoms in total. The monoisotopic (exact) mass is 429 g/mol. The van der Waals surface area contributed by atoms with Crippen LogP contribution in [0, 0.1) is 0 Å². The van der Waals surface area contributed by atoms with E-state index in [1.165, 1.54) is 4.90 Å². The third kappa shape index (κ3) is 5.04. The van der Waals surface area contributed by atoms with Gasteiger partial charge in [0.2, 0.25) is 5.91 Å². The molecule has 1 aromatic heterocycles. The van der Waals surface area contributed by atoms with Gasteiger partial charge in [-0.1, -0.05) is 24.3 Å². The summed E-state index contributed by atoms with van der Waals surface area (Å²) in [6.07, 6.45) is 2.88. The summed E-state index contributed by atoms with van der Waals surface area (Å²) in [6.45, 7) is -0.976. The summed E-state index contributed by atoms with van der Waals surface area (Å²) in [6, 6.07) is 6.92. The van der Waals surface area contributed by atoms with E-state index in [0.29, 0.717) is 24.8 Å². The van der Waals surface area contributed by atoms with Crippen molar-refractivity contribution in [2.75, 3.05) is 20.3 Å². The minimum Gasteiger partial charge on any atom is -0.469 e. The number of nitrogens with zero attached hydrogens (tertiary/aromatic N) is 2. The molecule has 0 saturated carbocycles. The van der Waals surface area contributed by atoms with Gasteiger partial charge >= 0.3 is 5.97 Å². The van der Waals surface area contributed by atoms with E-state index in [2.05, 4.69) is 15.0 Å². The Bertz CT molecular complexity index is 991. The van der Waals surface area contributed by atoms with E-state index in [1.54, 1.807) is 24.4 Å². The number of pyridine rings is 1. The van der Waals surface area contributed by atoms with Gasteiger partial charge in [0.05, 0.1) is 13.5 Å². The van der Waals surface area contributed by atoms with Crippen LogP contribution in [0.3, 0.4) is 0 Å².